The van der Waals surface area contributed by atoms with Crippen LogP contribution < -0.4 is 5.32 Å². The van der Waals surface area contributed by atoms with E-state index in [0.717, 1.165) is 21.8 Å². The van der Waals surface area contributed by atoms with Crippen LogP contribution in [0.15, 0.2) is 47.6 Å². The molecule has 2 heterocycles. The van der Waals surface area contributed by atoms with E-state index in [1.54, 1.807) is 29.2 Å². The highest BCUT2D eigenvalue weighted by Gasteiger charge is 2.24. The fourth-order valence-corrected chi connectivity index (χ4v) is 3.95. The molecule has 0 saturated heterocycles. The molecule has 1 amide bonds. The molecule has 0 aliphatic heterocycles. The lowest BCUT2D eigenvalue weighted by Crippen LogP contribution is -2.38. The maximum atomic E-state index is 12.9. The molecule has 0 aliphatic rings. The molecular formula is C19H24N6O3S. The number of carbonyl (C=O) groups excluding carboxylic acids is 1. The van der Waals surface area contributed by atoms with Gasteiger partial charge >= 0.3 is 0 Å². The van der Waals surface area contributed by atoms with Crippen LogP contribution in [0.1, 0.15) is 31.9 Å². The van der Waals surface area contributed by atoms with E-state index in [0.29, 0.717) is 5.52 Å². The number of nitrogens with zero attached hydrogens (tertiary/aromatic N) is 5. The first kappa shape index (κ1) is 20.9. The predicted molar refractivity (Wildman–Crippen MR) is 108 cm³/mol. The number of nitrogens with one attached hydrogen (secondary N) is 1. The Morgan fingerprint density at radius 3 is 2.79 bits per heavy atom. The zero-order valence-electron chi connectivity index (χ0n) is 16.6. The first-order valence-electron chi connectivity index (χ1n) is 9.29. The molecule has 10 heteroatoms. The molecule has 0 unspecified atom stereocenters. The Morgan fingerprint density at radius 1 is 1.31 bits per heavy atom. The topological polar surface area (TPSA) is 110 Å². The first-order chi connectivity index (χ1) is 13.8. The minimum absolute atomic E-state index is 0.0729. The highest BCUT2D eigenvalue weighted by Crippen LogP contribution is 2.22. The maximum absolute atomic E-state index is 12.9. The molecule has 1 atom stereocenters. The van der Waals surface area contributed by atoms with Crippen molar-refractivity contribution in [1.29, 1.82) is 0 Å². The predicted octanol–water partition coefficient (Wildman–Crippen LogP) is 1.73. The summed E-state index contributed by atoms with van der Waals surface area (Å²) < 4.78 is 28.5. The van der Waals surface area contributed by atoms with E-state index in [4.69, 9.17) is 0 Å². The van der Waals surface area contributed by atoms with Gasteiger partial charge in [-0.1, -0.05) is 18.2 Å². The number of hydrogen-bond acceptors (Lipinski definition) is 6. The maximum Gasteiger partial charge on any atom is 0.243 e. The molecule has 0 fully saturated rings. The Kier molecular flexibility index (Phi) is 6.23. The Morgan fingerprint density at radius 2 is 2.10 bits per heavy atom. The van der Waals surface area contributed by atoms with Crippen molar-refractivity contribution in [2.75, 3.05) is 13.6 Å². The lowest BCUT2D eigenvalue weighted by Gasteiger charge is -2.17. The van der Waals surface area contributed by atoms with E-state index >= 15 is 0 Å². The second kappa shape index (κ2) is 8.66. The summed E-state index contributed by atoms with van der Waals surface area (Å²) in [6.45, 7) is 4.06. The van der Waals surface area contributed by atoms with Crippen LogP contribution in [0.4, 0.5) is 0 Å². The third-order valence-corrected chi connectivity index (χ3v) is 6.54. The normalized spacial score (nSPS) is 13.0. The molecule has 0 bridgehead atoms. The Hall–Kier alpha value is -2.85. The highest BCUT2D eigenvalue weighted by molar-refractivity contribution is 7.89. The fourth-order valence-electron chi connectivity index (χ4n) is 2.81. The lowest BCUT2D eigenvalue weighted by molar-refractivity contribution is -0.121. The summed E-state index contributed by atoms with van der Waals surface area (Å²) in [4.78, 5) is 16.2. The molecule has 3 aromatic rings. The number of likely N-dealkylation sites (N-methyl/N-ethyl adjacent to an activating group) is 1. The van der Waals surface area contributed by atoms with Crippen LogP contribution in [0.3, 0.4) is 0 Å². The average Bonchev–Trinajstić information content (AvgIpc) is 3.15. The Balaban J connectivity index is 1.71. The van der Waals surface area contributed by atoms with Crippen molar-refractivity contribution in [3.63, 3.8) is 0 Å². The van der Waals surface area contributed by atoms with Crippen LogP contribution in [0.5, 0.6) is 0 Å². The molecule has 1 N–H and O–H groups in total. The molecule has 0 saturated carbocycles. The molecule has 0 aliphatic carbocycles. The molecule has 29 heavy (non-hydrogen) atoms. The molecule has 1 aromatic carbocycles. The van der Waals surface area contributed by atoms with E-state index in [-0.39, 0.29) is 24.0 Å². The lowest BCUT2D eigenvalue weighted by atomic mass is 10.2. The molecule has 3 rings (SSSR count). The second-order valence-electron chi connectivity index (χ2n) is 6.84. The van der Waals surface area contributed by atoms with Gasteiger partial charge in [-0.3, -0.25) is 9.78 Å². The standard InChI is InChI=1S/C19H24N6O3S/c1-4-14(2)25-18-8-7-16(10-17(18)22-23-25)29(27,28)24(3)13-19(26)21-12-15-6-5-9-20-11-15/h5-11,14H,4,12-13H2,1-3H3,(H,21,26)/t14-/m1/s1. The van der Waals surface area contributed by atoms with Gasteiger partial charge in [-0.05, 0) is 43.2 Å². The van der Waals surface area contributed by atoms with Gasteiger partial charge in [0, 0.05) is 26.0 Å². The van der Waals surface area contributed by atoms with Crippen molar-refractivity contribution >= 4 is 27.0 Å². The van der Waals surface area contributed by atoms with Crippen molar-refractivity contribution in [1.82, 2.24) is 29.6 Å². The number of fused-ring (bicyclic) bond motifs is 1. The first-order valence-corrected chi connectivity index (χ1v) is 10.7. The van der Waals surface area contributed by atoms with Gasteiger partial charge in [0.25, 0.3) is 0 Å². The fraction of sp³-hybridized carbons (Fsp3) is 0.368. The number of sulfonamides is 1. The smallest absolute Gasteiger partial charge is 0.243 e. The number of hydrogen-bond donors (Lipinski definition) is 1. The number of aromatic nitrogens is 4. The van der Waals surface area contributed by atoms with Gasteiger partial charge in [-0.15, -0.1) is 5.10 Å². The van der Waals surface area contributed by atoms with Gasteiger partial charge in [-0.2, -0.15) is 4.31 Å². The summed E-state index contributed by atoms with van der Waals surface area (Å²) in [5.41, 5.74) is 2.11. The third-order valence-electron chi connectivity index (χ3n) is 4.74. The van der Waals surface area contributed by atoms with Gasteiger partial charge in [0.2, 0.25) is 15.9 Å². The van der Waals surface area contributed by atoms with Gasteiger partial charge < -0.3 is 5.32 Å². The minimum atomic E-state index is -3.84. The van der Waals surface area contributed by atoms with Gasteiger partial charge in [-0.25, -0.2) is 13.1 Å². The number of benzene rings is 1. The third kappa shape index (κ3) is 4.60. The van der Waals surface area contributed by atoms with E-state index in [1.165, 1.54) is 19.2 Å². The van der Waals surface area contributed by atoms with Gasteiger partial charge in [0.1, 0.15) is 5.52 Å². The molecule has 154 valence electrons. The second-order valence-corrected chi connectivity index (χ2v) is 8.89. The van der Waals surface area contributed by atoms with E-state index in [9.17, 15) is 13.2 Å². The van der Waals surface area contributed by atoms with Crippen molar-refractivity contribution < 1.29 is 13.2 Å². The summed E-state index contributed by atoms with van der Waals surface area (Å²) in [5, 5.41) is 10.9. The number of pyridine rings is 1. The molecule has 0 radical (unpaired) electrons. The van der Waals surface area contributed by atoms with Gasteiger partial charge in [0.15, 0.2) is 0 Å². The highest BCUT2D eigenvalue weighted by atomic mass is 32.2. The van der Waals surface area contributed by atoms with Crippen LogP contribution in [0.25, 0.3) is 11.0 Å². The van der Waals surface area contributed by atoms with Crippen molar-refractivity contribution in [2.45, 2.75) is 37.8 Å². The van der Waals surface area contributed by atoms with Crippen molar-refractivity contribution in [2.24, 2.45) is 0 Å². The summed E-state index contributed by atoms with van der Waals surface area (Å²) in [5.74, 6) is -0.399. The largest absolute Gasteiger partial charge is 0.351 e. The SMILES string of the molecule is CC[C@@H](C)n1nnc2cc(S(=O)(=O)N(C)CC(=O)NCc3cccnc3)ccc21. The van der Waals surface area contributed by atoms with Crippen LogP contribution in [-0.2, 0) is 21.4 Å². The number of amides is 1. The zero-order chi connectivity index (χ0) is 21.0. The summed E-state index contributed by atoms with van der Waals surface area (Å²) in [6, 6.07) is 8.46. The van der Waals surface area contributed by atoms with Crippen molar-refractivity contribution in [3.05, 3.63) is 48.3 Å². The quantitative estimate of drug-likeness (QED) is 0.599. The molecular weight excluding hydrogens is 392 g/mol. The minimum Gasteiger partial charge on any atom is -0.351 e. The zero-order valence-corrected chi connectivity index (χ0v) is 17.4. The monoisotopic (exact) mass is 416 g/mol. The number of rotatable bonds is 8. The Bertz CT molecular complexity index is 1100. The van der Waals surface area contributed by atoms with E-state index in [2.05, 4.69) is 20.6 Å². The van der Waals surface area contributed by atoms with Gasteiger partial charge in [0.05, 0.1) is 23.0 Å². The van der Waals surface area contributed by atoms with Crippen LogP contribution in [0.2, 0.25) is 0 Å². The van der Waals surface area contributed by atoms with Crippen molar-refractivity contribution in [3.8, 4) is 0 Å². The van der Waals surface area contributed by atoms with Crippen LogP contribution in [-0.4, -0.2) is 52.2 Å². The molecule has 9 nitrogen and oxygen atoms in total. The summed E-state index contributed by atoms with van der Waals surface area (Å²) in [6.07, 6.45) is 4.17. The average molecular weight is 417 g/mol. The molecule has 0 spiro atoms. The molecule has 2 aromatic heterocycles. The van der Waals surface area contributed by atoms with Crippen LogP contribution >= 0.6 is 0 Å². The summed E-state index contributed by atoms with van der Waals surface area (Å²) in [7, 11) is -2.47. The van der Waals surface area contributed by atoms with E-state index < -0.39 is 15.9 Å². The number of carbonyl (C=O) groups is 1. The Labute approximate surface area is 169 Å². The van der Waals surface area contributed by atoms with Crippen LogP contribution in [0, 0.1) is 0 Å². The summed E-state index contributed by atoms with van der Waals surface area (Å²) >= 11 is 0. The van der Waals surface area contributed by atoms with E-state index in [1.807, 2.05) is 19.9 Å².